The van der Waals surface area contributed by atoms with Crippen molar-refractivity contribution in [2.24, 2.45) is 5.92 Å². The fraction of sp³-hybridized carbons (Fsp3) is 0.273. The van der Waals surface area contributed by atoms with Gasteiger partial charge in [-0.1, -0.05) is 16.8 Å². The van der Waals surface area contributed by atoms with E-state index in [0.717, 1.165) is 30.7 Å². The Morgan fingerprint density at radius 2 is 2.11 bits per heavy atom. The van der Waals surface area contributed by atoms with Gasteiger partial charge in [0, 0.05) is 24.7 Å². The van der Waals surface area contributed by atoms with Crippen LogP contribution in [0.3, 0.4) is 0 Å². The Labute approximate surface area is 157 Å². The van der Waals surface area contributed by atoms with E-state index in [1.54, 1.807) is 17.8 Å². The second-order valence-corrected chi connectivity index (χ2v) is 6.56. The van der Waals surface area contributed by atoms with Crippen LogP contribution in [0.15, 0.2) is 47.4 Å². The fourth-order valence-corrected chi connectivity index (χ4v) is 3.38. The van der Waals surface area contributed by atoms with E-state index < -0.39 is 0 Å². The normalized spacial score (nSPS) is 15.7. The average molecular weight is 355 g/mol. The lowest BCUT2D eigenvalue weighted by atomic mass is 10.0. The lowest BCUT2D eigenvalue weighted by molar-refractivity contribution is 0.542. The molecule has 5 nitrogen and oxygen atoms in total. The molecule has 2 aromatic heterocycles. The predicted molar refractivity (Wildman–Crippen MR) is 106 cm³/mol. The minimum Gasteiger partial charge on any atom is -0.296 e. The van der Waals surface area contributed by atoms with Gasteiger partial charge in [0.1, 0.15) is 11.5 Å². The molecule has 27 heavy (non-hydrogen) atoms. The summed E-state index contributed by atoms with van der Waals surface area (Å²) < 4.78 is 1.80. The highest BCUT2D eigenvalue weighted by atomic mass is 16.1. The smallest absolute Gasteiger partial charge is 0.275 e. The quantitative estimate of drug-likeness (QED) is 0.582. The standard InChI is InChI=1S/C22H19N4O/c1-23-15-17-7-10-21-25-20-14-16(5-8-18-4-2-3-12-24-18)6-9-19(20)22(27)26(21)13-11-17/h2-4,6,9,12,14,17H,7,10-11,13H2,1H3/q+1. The molecule has 5 heteroatoms. The molecule has 132 valence electrons. The Hall–Kier alpha value is -3.44. The molecule has 4 rings (SSSR count). The number of aryl methyl sites for hydroxylation is 1. The number of benzene rings is 1. The van der Waals surface area contributed by atoms with Crippen LogP contribution in [0.1, 0.15) is 29.9 Å². The van der Waals surface area contributed by atoms with Crippen molar-refractivity contribution in [3.8, 4) is 17.9 Å². The molecule has 0 fully saturated rings. The highest BCUT2D eigenvalue weighted by molar-refractivity contribution is 5.79. The monoisotopic (exact) mass is 355 g/mol. The molecular formula is C22H19N4O+. The molecule has 1 aliphatic rings. The molecule has 0 radical (unpaired) electrons. The first-order valence-electron chi connectivity index (χ1n) is 9.05. The summed E-state index contributed by atoms with van der Waals surface area (Å²) in [5.74, 6) is 7.26. The van der Waals surface area contributed by atoms with Gasteiger partial charge >= 0.3 is 0 Å². The summed E-state index contributed by atoms with van der Waals surface area (Å²) in [7, 11) is 1.74. The van der Waals surface area contributed by atoms with E-state index in [2.05, 4.69) is 27.7 Å². The molecule has 1 aliphatic heterocycles. The molecule has 3 aromatic rings. The van der Waals surface area contributed by atoms with Gasteiger partial charge in [0.25, 0.3) is 18.7 Å². The van der Waals surface area contributed by atoms with Crippen molar-refractivity contribution in [3.63, 3.8) is 0 Å². The lowest BCUT2D eigenvalue weighted by Crippen LogP contribution is -2.24. The topological polar surface area (TPSA) is 52.1 Å². The van der Waals surface area contributed by atoms with Crippen LogP contribution in [-0.4, -0.2) is 21.6 Å². The molecule has 0 saturated heterocycles. The van der Waals surface area contributed by atoms with Gasteiger partial charge in [-0.15, -0.1) is 0 Å². The third kappa shape index (κ3) is 3.59. The van der Waals surface area contributed by atoms with E-state index in [1.165, 1.54) is 0 Å². The van der Waals surface area contributed by atoms with Gasteiger partial charge in [-0.3, -0.25) is 9.36 Å². The number of rotatable bonds is 0. The summed E-state index contributed by atoms with van der Waals surface area (Å²) in [6, 6.07) is 14.3. The van der Waals surface area contributed by atoms with E-state index in [9.17, 15) is 4.79 Å². The van der Waals surface area contributed by atoms with Crippen LogP contribution in [0.2, 0.25) is 0 Å². The fourth-order valence-electron chi connectivity index (χ4n) is 3.38. The molecular weight excluding hydrogens is 336 g/mol. The SMILES string of the molecule is C[N+]#CC1CCc2nc3cc(C#Cc4ccccn4)ccc3c(=O)n2CC1. The molecule has 1 unspecified atom stereocenters. The van der Waals surface area contributed by atoms with Crippen LogP contribution in [0, 0.1) is 23.8 Å². The van der Waals surface area contributed by atoms with Gasteiger partial charge < -0.3 is 0 Å². The highest BCUT2D eigenvalue weighted by Gasteiger charge is 2.21. The molecule has 3 heterocycles. The van der Waals surface area contributed by atoms with Gasteiger partial charge in [-0.2, -0.15) is 0 Å². The number of hydrogen-bond acceptors (Lipinski definition) is 3. The zero-order valence-corrected chi connectivity index (χ0v) is 15.1. The van der Waals surface area contributed by atoms with E-state index in [-0.39, 0.29) is 11.5 Å². The zero-order chi connectivity index (χ0) is 18.6. The summed E-state index contributed by atoms with van der Waals surface area (Å²) >= 11 is 0. The highest BCUT2D eigenvalue weighted by Crippen LogP contribution is 2.19. The number of nitrogens with zero attached hydrogens (tertiary/aromatic N) is 4. The van der Waals surface area contributed by atoms with Crippen LogP contribution in [-0.2, 0) is 13.0 Å². The van der Waals surface area contributed by atoms with Gasteiger partial charge in [0.2, 0.25) is 0 Å². The third-order valence-electron chi connectivity index (χ3n) is 4.76. The maximum atomic E-state index is 12.9. The predicted octanol–water partition coefficient (Wildman–Crippen LogP) is 3.11. The van der Waals surface area contributed by atoms with Crippen molar-refractivity contribution in [2.75, 3.05) is 7.05 Å². The summed E-state index contributed by atoms with van der Waals surface area (Å²) in [5, 5.41) is 0.633. The summed E-state index contributed by atoms with van der Waals surface area (Å²) in [5.41, 5.74) is 2.26. The van der Waals surface area contributed by atoms with Crippen LogP contribution in [0.5, 0.6) is 0 Å². The van der Waals surface area contributed by atoms with Crippen molar-refractivity contribution in [2.45, 2.75) is 25.8 Å². The first-order chi connectivity index (χ1) is 13.2. The molecule has 0 N–H and O–H groups in total. The first-order valence-corrected chi connectivity index (χ1v) is 9.05. The van der Waals surface area contributed by atoms with Crippen molar-refractivity contribution in [3.05, 3.63) is 74.9 Å². The number of fused-ring (bicyclic) bond motifs is 2. The Bertz CT molecular complexity index is 1170. The maximum Gasteiger partial charge on any atom is 0.275 e. The number of pyridine rings is 1. The Morgan fingerprint density at radius 3 is 2.93 bits per heavy atom. The largest absolute Gasteiger partial charge is 0.296 e. The van der Waals surface area contributed by atoms with Crippen LogP contribution in [0.25, 0.3) is 15.7 Å². The Kier molecular flexibility index (Phi) is 4.68. The van der Waals surface area contributed by atoms with Crippen molar-refractivity contribution < 1.29 is 0 Å². The second-order valence-electron chi connectivity index (χ2n) is 6.56. The van der Waals surface area contributed by atoms with Crippen LogP contribution >= 0.6 is 0 Å². The summed E-state index contributed by atoms with van der Waals surface area (Å²) in [6.07, 6.45) is 4.25. The minimum atomic E-state index is 0.0216. The molecule has 0 spiro atoms. The van der Waals surface area contributed by atoms with Crippen molar-refractivity contribution in [1.82, 2.24) is 14.5 Å². The van der Waals surface area contributed by atoms with Gasteiger partial charge in [0.15, 0.2) is 0 Å². The van der Waals surface area contributed by atoms with E-state index in [4.69, 9.17) is 4.98 Å². The van der Waals surface area contributed by atoms with E-state index >= 15 is 0 Å². The average Bonchev–Trinajstić information content (AvgIpc) is 2.90. The number of aromatic nitrogens is 3. The van der Waals surface area contributed by atoms with Crippen molar-refractivity contribution >= 4 is 10.9 Å². The Morgan fingerprint density at radius 1 is 1.19 bits per heavy atom. The first kappa shape index (κ1) is 17.0. The number of hydrogen-bond donors (Lipinski definition) is 0. The van der Waals surface area contributed by atoms with Gasteiger partial charge in [-0.05, 0) is 49.1 Å². The molecule has 0 bridgehead atoms. The zero-order valence-electron chi connectivity index (χ0n) is 15.1. The summed E-state index contributed by atoms with van der Waals surface area (Å²) in [6.45, 7) is 0.658. The maximum absolute atomic E-state index is 12.9. The Balaban J connectivity index is 1.72. The lowest BCUT2D eigenvalue weighted by Gasteiger charge is -2.09. The summed E-state index contributed by atoms with van der Waals surface area (Å²) in [4.78, 5) is 25.9. The second kappa shape index (κ2) is 7.43. The third-order valence-corrected chi connectivity index (χ3v) is 4.76. The van der Waals surface area contributed by atoms with E-state index in [0.29, 0.717) is 23.1 Å². The van der Waals surface area contributed by atoms with Gasteiger partial charge in [0.05, 0.1) is 16.8 Å². The molecule has 1 aromatic carbocycles. The molecule has 0 amide bonds. The van der Waals surface area contributed by atoms with Crippen LogP contribution in [0.4, 0.5) is 0 Å². The molecule has 0 saturated carbocycles. The molecule has 1 atom stereocenters. The van der Waals surface area contributed by atoms with Gasteiger partial charge in [-0.25, -0.2) is 9.97 Å². The van der Waals surface area contributed by atoms with Crippen LogP contribution < -0.4 is 5.56 Å². The minimum absolute atomic E-state index is 0.0216. The van der Waals surface area contributed by atoms with E-state index in [1.807, 2.05) is 36.4 Å². The molecule has 0 aliphatic carbocycles. The van der Waals surface area contributed by atoms with Crippen molar-refractivity contribution in [1.29, 1.82) is 0 Å².